The number of rotatable bonds is 5. The third-order valence-corrected chi connectivity index (χ3v) is 6.69. The Morgan fingerprint density at radius 1 is 1.18 bits per heavy atom. The van der Waals surface area contributed by atoms with Gasteiger partial charge in [-0.05, 0) is 65.0 Å². The maximum absolute atomic E-state index is 13.8. The lowest BCUT2D eigenvalue weighted by Gasteiger charge is -2.32. The molecule has 0 unspecified atom stereocenters. The van der Waals surface area contributed by atoms with Crippen LogP contribution in [0.25, 0.3) is 0 Å². The zero-order chi connectivity index (χ0) is 23.7. The number of Topliss-reactive ketones (excluding diaryl/α,β-unsaturated/α-hetero) is 1. The highest BCUT2D eigenvalue weighted by Crippen LogP contribution is 2.46. The molecule has 8 heteroatoms. The molecule has 2 aromatic carbocycles. The van der Waals surface area contributed by atoms with Gasteiger partial charge in [-0.3, -0.25) is 9.59 Å². The molecule has 4 rings (SSSR count). The molecule has 2 N–H and O–H groups in total. The predicted molar refractivity (Wildman–Crippen MR) is 130 cm³/mol. The average Bonchev–Trinajstić information content (AvgIpc) is 2.96. The molecule has 7 nitrogen and oxygen atoms in total. The molecular weight excluding hydrogens is 488 g/mol. The summed E-state index contributed by atoms with van der Waals surface area (Å²) in [5.41, 5.74) is 3.87. The van der Waals surface area contributed by atoms with Crippen LogP contribution in [0.15, 0.2) is 52.1 Å². The monoisotopic (exact) mass is 514 g/mol. The number of ketones is 1. The number of benzene rings is 2. The molecule has 0 aromatic heterocycles. The first-order valence-electron chi connectivity index (χ1n) is 10.9. The van der Waals surface area contributed by atoms with Gasteiger partial charge in [0.25, 0.3) is 0 Å². The van der Waals surface area contributed by atoms with Crippen molar-refractivity contribution in [3.63, 3.8) is 0 Å². The third-order valence-electron chi connectivity index (χ3n) is 6.10. The largest absolute Gasteiger partial charge is 0.493 e. The van der Waals surface area contributed by atoms with Crippen molar-refractivity contribution in [1.29, 1.82) is 0 Å². The molecule has 0 bridgehead atoms. The van der Waals surface area contributed by atoms with Crippen molar-refractivity contribution in [1.82, 2.24) is 0 Å². The molecule has 3 atom stereocenters. The maximum Gasteiger partial charge on any atom is 0.316 e. The van der Waals surface area contributed by atoms with Crippen LogP contribution in [0.4, 0.5) is 11.4 Å². The summed E-state index contributed by atoms with van der Waals surface area (Å²) in [5.74, 6) is -0.641. The van der Waals surface area contributed by atoms with Gasteiger partial charge in [0, 0.05) is 11.3 Å². The maximum atomic E-state index is 13.8. The highest BCUT2D eigenvalue weighted by atomic mass is 79.9. The molecule has 33 heavy (non-hydrogen) atoms. The van der Waals surface area contributed by atoms with Crippen LogP contribution in [-0.4, -0.2) is 32.6 Å². The minimum absolute atomic E-state index is 0.191. The number of anilines is 2. The van der Waals surface area contributed by atoms with Crippen molar-refractivity contribution in [3.8, 4) is 11.5 Å². The molecule has 0 radical (unpaired) electrons. The summed E-state index contributed by atoms with van der Waals surface area (Å²) in [7, 11) is 2.90. The van der Waals surface area contributed by atoms with Crippen LogP contribution in [0.3, 0.4) is 0 Å². The first-order chi connectivity index (χ1) is 15.9. The van der Waals surface area contributed by atoms with Gasteiger partial charge >= 0.3 is 5.97 Å². The van der Waals surface area contributed by atoms with E-state index in [1.165, 1.54) is 7.11 Å². The van der Waals surface area contributed by atoms with Crippen LogP contribution in [0.5, 0.6) is 11.5 Å². The van der Waals surface area contributed by atoms with Crippen molar-refractivity contribution in [2.45, 2.75) is 26.3 Å². The van der Waals surface area contributed by atoms with E-state index in [-0.39, 0.29) is 11.7 Å². The second-order valence-electron chi connectivity index (χ2n) is 8.15. The van der Waals surface area contributed by atoms with E-state index in [2.05, 4.69) is 26.6 Å². The lowest BCUT2D eigenvalue weighted by atomic mass is 9.75. The SMILES string of the molecule is CCOc1c(Br)cc([C@@H]2Nc3ccccc3NC3=C2C(=O)[C@H](C(=O)OC)[C@@H](C)C3)cc1OC. The zero-order valence-corrected chi connectivity index (χ0v) is 20.6. The van der Waals surface area contributed by atoms with Gasteiger partial charge < -0.3 is 24.8 Å². The highest BCUT2D eigenvalue weighted by molar-refractivity contribution is 9.10. The summed E-state index contributed by atoms with van der Waals surface area (Å²) < 4.78 is 17.0. The van der Waals surface area contributed by atoms with E-state index in [1.54, 1.807) is 7.11 Å². The number of hydrogen-bond acceptors (Lipinski definition) is 7. The molecule has 1 aliphatic heterocycles. The van der Waals surface area contributed by atoms with Gasteiger partial charge in [-0.1, -0.05) is 19.1 Å². The Kier molecular flexibility index (Phi) is 6.65. The second-order valence-corrected chi connectivity index (χ2v) is 9.01. The summed E-state index contributed by atoms with van der Waals surface area (Å²) in [6.45, 7) is 4.29. The zero-order valence-electron chi connectivity index (χ0n) is 19.0. The van der Waals surface area contributed by atoms with Gasteiger partial charge in [-0.25, -0.2) is 0 Å². The van der Waals surface area contributed by atoms with Crippen molar-refractivity contribution in [3.05, 3.63) is 57.7 Å². The Labute approximate surface area is 201 Å². The molecule has 0 saturated heterocycles. The number of esters is 1. The molecule has 2 aliphatic rings. The van der Waals surface area contributed by atoms with Gasteiger partial charge in [-0.15, -0.1) is 0 Å². The first-order valence-corrected chi connectivity index (χ1v) is 11.7. The first kappa shape index (κ1) is 23.2. The number of fused-ring (bicyclic) bond motifs is 1. The van der Waals surface area contributed by atoms with Crippen molar-refractivity contribution < 1.29 is 23.8 Å². The number of para-hydroxylation sites is 2. The Morgan fingerprint density at radius 2 is 1.91 bits per heavy atom. The Bertz CT molecular complexity index is 1130. The number of ether oxygens (including phenoxy) is 3. The Balaban J connectivity index is 1.90. The molecule has 0 spiro atoms. The standard InChI is InChI=1S/C25H27BrN2O5/c1-5-33-24-15(26)11-14(12-19(24)31-3)22-21-18(27-16-8-6-7-9-17(16)28-22)10-13(2)20(23(21)29)25(30)32-4/h6-9,11-13,20,22,27-28H,5,10H2,1-4H3/t13-,20+,22-/m0/s1. The van der Waals surface area contributed by atoms with Crippen molar-refractivity contribution >= 4 is 39.1 Å². The van der Waals surface area contributed by atoms with Gasteiger partial charge in [0.2, 0.25) is 0 Å². The predicted octanol–water partition coefficient (Wildman–Crippen LogP) is 5.09. The third kappa shape index (κ3) is 4.19. The lowest BCUT2D eigenvalue weighted by molar-refractivity contribution is -0.151. The molecule has 174 valence electrons. The molecular formula is C25H27BrN2O5. The van der Waals surface area contributed by atoms with Crippen LogP contribution in [0, 0.1) is 11.8 Å². The topological polar surface area (TPSA) is 85.9 Å². The molecule has 2 aromatic rings. The van der Waals surface area contributed by atoms with E-state index < -0.39 is 17.9 Å². The Morgan fingerprint density at radius 3 is 2.58 bits per heavy atom. The average molecular weight is 515 g/mol. The number of carbonyl (C=O) groups excluding carboxylic acids is 2. The number of carbonyl (C=O) groups is 2. The molecule has 1 aliphatic carbocycles. The fourth-order valence-corrected chi connectivity index (χ4v) is 5.15. The van der Waals surface area contributed by atoms with Crippen LogP contribution in [0.1, 0.15) is 31.9 Å². The van der Waals surface area contributed by atoms with E-state index in [1.807, 2.05) is 50.2 Å². The van der Waals surface area contributed by atoms with E-state index in [4.69, 9.17) is 14.2 Å². The fourth-order valence-electron chi connectivity index (χ4n) is 4.57. The Hall–Kier alpha value is -3.00. The van der Waals surface area contributed by atoms with Crippen LogP contribution in [-0.2, 0) is 14.3 Å². The summed E-state index contributed by atoms with van der Waals surface area (Å²) >= 11 is 3.59. The van der Waals surface area contributed by atoms with E-state index in [9.17, 15) is 9.59 Å². The number of halogens is 1. The van der Waals surface area contributed by atoms with Crippen LogP contribution < -0.4 is 20.1 Å². The molecule has 0 saturated carbocycles. The smallest absolute Gasteiger partial charge is 0.316 e. The second kappa shape index (κ2) is 9.47. The minimum Gasteiger partial charge on any atom is -0.493 e. The number of nitrogens with one attached hydrogen (secondary N) is 2. The molecule has 1 heterocycles. The lowest BCUT2D eigenvalue weighted by Crippen LogP contribution is -2.39. The van der Waals surface area contributed by atoms with E-state index >= 15 is 0 Å². The number of allylic oxidation sites excluding steroid dienone is 1. The van der Waals surface area contributed by atoms with Crippen molar-refractivity contribution in [2.75, 3.05) is 31.5 Å². The summed E-state index contributed by atoms with van der Waals surface area (Å²) in [5, 5.41) is 6.97. The van der Waals surface area contributed by atoms with Gasteiger partial charge in [0.05, 0.1) is 42.7 Å². The molecule has 0 amide bonds. The number of hydrogen-bond donors (Lipinski definition) is 2. The molecule has 0 fully saturated rings. The summed E-state index contributed by atoms with van der Waals surface area (Å²) in [6.07, 6.45) is 0.544. The van der Waals surface area contributed by atoms with Crippen LogP contribution >= 0.6 is 15.9 Å². The van der Waals surface area contributed by atoms with Gasteiger partial charge in [-0.2, -0.15) is 0 Å². The van der Waals surface area contributed by atoms with E-state index in [0.717, 1.165) is 22.6 Å². The number of methoxy groups -OCH3 is 2. The quantitative estimate of drug-likeness (QED) is 0.424. The minimum atomic E-state index is -0.853. The van der Waals surface area contributed by atoms with Gasteiger partial charge in [0.1, 0.15) is 5.92 Å². The highest BCUT2D eigenvalue weighted by Gasteiger charge is 2.44. The van der Waals surface area contributed by atoms with Crippen molar-refractivity contribution in [2.24, 2.45) is 11.8 Å². The van der Waals surface area contributed by atoms with Gasteiger partial charge in [0.15, 0.2) is 17.3 Å². The van der Waals surface area contributed by atoms with E-state index in [0.29, 0.717) is 34.6 Å². The summed E-state index contributed by atoms with van der Waals surface area (Å²) in [6, 6.07) is 11.1. The summed E-state index contributed by atoms with van der Waals surface area (Å²) in [4.78, 5) is 26.3. The van der Waals surface area contributed by atoms with Crippen LogP contribution in [0.2, 0.25) is 0 Å². The fraction of sp³-hybridized carbons (Fsp3) is 0.360. The normalized spacial score (nSPS) is 21.7.